The van der Waals surface area contributed by atoms with Gasteiger partial charge in [0, 0.05) is 13.1 Å². The highest BCUT2D eigenvalue weighted by Crippen LogP contribution is 2.10. The van der Waals surface area contributed by atoms with E-state index < -0.39 is 11.4 Å². The first-order valence-corrected chi connectivity index (χ1v) is 5.59. The molecule has 0 spiro atoms. The van der Waals surface area contributed by atoms with Crippen molar-refractivity contribution in [2.75, 3.05) is 6.54 Å². The fourth-order valence-electron chi connectivity index (χ4n) is 1.42. The van der Waals surface area contributed by atoms with Gasteiger partial charge in [0.25, 0.3) is 0 Å². The molecule has 0 bridgehead atoms. The highest BCUT2D eigenvalue weighted by Gasteiger charge is 2.16. The van der Waals surface area contributed by atoms with Gasteiger partial charge in [-0.25, -0.2) is 4.39 Å². The summed E-state index contributed by atoms with van der Waals surface area (Å²) in [5.41, 5.74) is 0.253. The Kier molecular flexibility index (Phi) is 4.62. The van der Waals surface area contributed by atoms with Gasteiger partial charge in [-0.1, -0.05) is 6.92 Å². The molecule has 1 aromatic carbocycles. The minimum atomic E-state index is -0.759. The first-order valence-electron chi connectivity index (χ1n) is 5.59. The summed E-state index contributed by atoms with van der Waals surface area (Å²) < 4.78 is 13.1. The van der Waals surface area contributed by atoms with Crippen molar-refractivity contribution in [2.24, 2.45) is 0 Å². The molecule has 0 aliphatic carbocycles. The zero-order valence-electron chi connectivity index (χ0n) is 10.1. The minimum absolute atomic E-state index is 0.309. The van der Waals surface area contributed by atoms with Crippen LogP contribution >= 0.6 is 0 Å². The van der Waals surface area contributed by atoms with Crippen molar-refractivity contribution in [3.05, 3.63) is 35.1 Å². The number of benzene rings is 1. The molecule has 2 N–H and O–H groups in total. The molecule has 0 amide bonds. The van der Waals surface area contributed by atoms with Gasteiger partial charge in [0.15, 0.2) is 0 Å². The maximum Gasteiger partial charge on any atom is 0.124 e. The highest BCUT2D eigenvalue weighted by atomic mass is 19.1. The number of hydrogen-bond acceptors (Lipinski definition) is 3. The van der Waals surface area contributed by atoms with E-state index in [2.05, 4.69) is 5.32 Å². The zero-order chi connectivity index (χ0) is 12.9. The summed E-state index contributed by atoms with van der Waals surface area (Å²) in [4.78, 5) is 0. The highest BCUT2D eigenvalue weighted by molar-refractivity contribution is 5.33. The van der Waals surface area contributed by atoms with Crippen LogP contribution in [0.1, 0.15) is 31.4 Å². The van der Waals surface area contributed by atoms with Gasteiger partial charge in [0.1, 0.15) is 5.82 Å². The van der Waals surface area contributed by atoms with Crippen LogP contribution in [0.5, 0.6) is 0 Å². The number of halogens is 1. The first kappa shape index (κ1) is 13.6. The van der Waals surface area contributed by atoms with Gasteiger partial charge >= 0.3 is 0 Å². The Morgan fingerprint density at radius 2 is 2.18 bits per heavy atom. The average molecular weight is 236 g/mol. The number of rotatable bonds is 5. The van der Waals surface area contributed by atoms with Crippen molar-refractivity contribution in [2.45, 2.75) is 32.4 Å². The van der Waals surface area contributed by atoms with E-state index in [1.807, 2.05) is 13.0 Å². The van der Waals surface area contributed by atoms with Crippen LogP contribution in [-0.2, 0) is 6.54 Å². The van der Waals surface area contributed by atoms with Crippen LogP contribution in [0.4, 0.5) is 4.39 Å². The van der Waals surface area contributed by atoms with Gasteiger partial charge in [-0.05, 0) is 37.1 Å². The quantitative estimate of drug-likeness (QED) is 0.821. The topological polar surface area (TPSA) is 56.0 Å². The summed E-state index contributed by atoms with van der Waals surface area (Å²) >= 11 is 0. The Hall–Kier alpha value is -1.44. The lowest BCUT2D eigenvalue weighted by Crippen LogP contribution is -2.36. The molecule has 1 unspecified atom stereocenters. The molecule has 0 saturated carbocycles. The fourth-order valence-corrected chi connectivity index (χ4v) is 1.42. The van der Waals surface area contributed by atoms with Gasteiger partial charge in [-0.3, -0.25) is 0 Å². The summed E-state index contributed by atoms with van der Waals surface area (Å²) in [7, 11) is 0. The van der Waals surface area contributed by atoms with Crippen LogP contribution in [0.3, 0.4) is 0 Å². The second-order valence-electron chi connectivity index (χ2n) is 4.41. The predicted molar refractivity (Wildman–Crippen MR) is 63.7 cm³/mol. The Labute approximate surface area is 101 Å². The Morgan fingerprint density at radius 1 is 1.47 bits per heavy atom. The normalized spacial score (nSPS) is 14.1. The molecule has 3 nitrogen and oxygen atoms in total. The van der Waals surface area contributed by atoms with E-state index in [0.717, 1.165) is 0 Å². The summed E-state index contributed by atoms with van der Waals surface area (Å²) in [6.45, 7) is 4.51. The van der Waals surface area contributed by atoms with Crippen molar-refractivity contribution in [1.29, 1.82) is 5.26 Å². The Balaban J connectivity index is 2.58. The van der Waals surface area contributed by atoms with E-state index in [1.165, 1.54) is 12.1 Å². The summed E-state index contributed by atoms with van der Waals surface area (Å²) in [5.74, 6) is -0.414. The summed E-state index contributed by atoms with van der Waals surface area (Å²) in [6, 6.07) is 6.13. The number of nitriles is 1. The molecule has 0 aromatic heterocycles. The van der Waals surface area contributed by atoms with Crippen molar-refractivity contribution < 1.29 is 9.50 Å². The van der Waals surface area contributed by atoms with E-state index in [1.54, 1.807) is 13.0 Å². The third-order valence-corrected chi connectivity index (χ3v) is 2.68. The van der Waals surface area contributed by atoms with E-state index in [4.69, 9.17) is 5.26 Å². The Bertz CT molecular complexity index is 424. The molecule has 0 radical (unpaired) electrons. The predicted octanol–water partition coefficient (Wildman–Crippen LogP) is 1.95. The van der Waals surface area contributed by atoms with Crippen molar-refractivity contribution in [1.82, 2.24) is 5.32 Å². The molecule has 1 rings (SSSR count). The second kappa shape index (κ2) is 5.76. The summed E-state index contributed by atoms with van der Waals surface area (Å²) in [6.07, 6.45) is 0.645. The van der Waals surface area contributed by atoms with Crippen LogP contribution in [0.2, 0.25) is 0 Å². The standard InChI is InChI=1S/C13H17FN2O/c1-3-13(2,17)9-16-8-11-4-10(7-15)5-12(14)6-11/h4-6,16-17H,3,8-9H2,1-2H3. The van der Waals surface area contributed by atoms with Crippen molar-refractivity contribution >= 4 is 0 Å². The lowest BCUT2D eigenvalue weighted by Gasteiger charge is -2.21. The molecule has 0 aliphatic rings. The molecule has 4 heteroatoms. The first-order chi connectivity index (χ1) is 7.96. The maximum atomic E-state index is 13.1. The third-order valence-electron chi connectivity index (χ3n) is 2.68. The number of nitrogens with one attached hydrogen (secondary N) is 1. The molecular formula is C13H17FN2O. The van der Waals surface area contributed by atoms with Gasteiger partial charge < -0.3 is 10.4 Å². The fraction of sp³-hybridized carbons (Fsp3) is 0.462. The SMILES string of the molecule is CCC(C)(O)CNCc1cc(F)cc(C#N)c1. The van der Waals surface area contributed by atoms with Gasteiger partial charge in [0.2, 0.25) is 0 Å². The maximum absolute atomic E-state index is 13.1. The van der Waals surface area contributed by atoms with Gasteiger partial charge in [0.05, 0.1) is 17.2 Å². The van der Waals surface area contributed by atoms with Crippen molar-refractivity contribution in [3.8, 4) is 6.07 Å². The number of nitrogens with zero attached hydrogens (tertiary/aromatic N) is 1. The molecule has 0 heterocycles. The van der Waals surface area contributed by atoms with Crippen LogP contribution in [-0.4, -0.2) is 17.3 Å². The van der Waals surface area contributed by atoms with E-state index in [0.29, 0.717) is 30.6 Å². The van der Waals surface area contributed by atoms with Crippen LogP contribution in [0.15, 0.2) is 18.2 Å². The van der Waals surface area contributed by atoms with Gasteiger partial charge in [-0.2, -0.15) is 5.26 Å². The molecule has 0 fully saturated rings. The molecule has 1 atom stereocenters. The third kappa shape index (κ3) is 4.51. The molecule has 0 saturated heterocycles. The smallest absolute Gasteiger partial charge is 0.124 e. The number of aliphatic hydroxyl groups is 1. The van der Waals surface area contributed by atoms with E-state index in [-0.39, 0.29) is 0 Å². The largest absolute Gasteiger partial charge is 0.389 e. The molecular weight excluding hydrogens is 219 g/mol. The van der Waals surface area contributed by atoms with E-state index >= 15 is 0 Å². The lowest BCUT2D eigenvalue weighted by atomic mass is 10.0. The monoisotopic (exact) mass is 236 g/mol. The van der Waals surface area contributed by atoms with Crippen LogP contribution in [0, 0.1) is 17.1 Å². The van der Waals surface area contributed by atoms with Gasteiger partial charge in [-0.15, -0.1) is 0 Å². The minimum Gasteiger partial charge on any atom is -0.389 e. The van der Waals surface area contributed by atoms with E-state index in [9.17, 15) is 9.50 Å². The molecule has 17 heavy (non-hydrogen) atoms. The second-order valence-corrected chi connectivity index (χ2v) is 4.41. The lowest BCUT2D eigenvalue weighted by molar-refractivity contribution is 0.0555. The zero-order valence-corrected chi connectivity index (χ0v) is 10.1. The van der Waals surface area contributed by atoms with Crippen LogP contribution in [0.25, 0.3) is 0 Å². The molecule has 1 aromatic rings. The molecule has 0 aliphatic heterocycles. The average Bonchev–Trinajstić information content (AvgIpc) is 2.28. The number of hydrogen-bond donors (Lipinski definition) is 2. The van der Waals surface area contributed by atoms with Crippen LogP contribution < -0.4 is 5.32 Å². The van der Waals surface area contributed by atoms with Crippen molar-refractivity contribution in [3.63, 3.8) is 0 Å². The summed E-state index contributed by atoms with van der Waals surface area (Å²) in [5, 5.41) is 21.5. The Morgan fingerprint density at radius 3 is 2.76 bits per heavy atom. The molecule has 92 valence electrons.